The molecule has 0 saturated heterocycles. The molecule has 1 heterocycles. The van der Waals surface area contributed by atoms with Crippen LogP contribution >= 0.6 is 11.6 Å². The number of ether oxygens (including phenoxy) is 2. The van der Waals surface area contributed by atoms with Crippen LogP contribution in [0.4, 0.5) is 5.69 Å². The van der Waals surface area contributed by atoms with Crippen LogP contribution in [0.2, 0.25) is 5.02 Å². The fourth-order valence-corrected chi connectivity index (χ4v) is 3.80. The van der Waals surface area contributed by atoms with Crippen molar-refractivity contribution in [3.63, 3.8) is 0 Å². The molecule has 1 N–H and O–H groups in total. The lowest BCUT2D eigenvalue weighted by Crippen LogP contribution is -2.52. The molecule has 2 aromatic carbocycles. The normalized spacial score (nSPS) is 13.8. The number of Topliss-reactive ketones (excluding diaryl/α,β-unsaturated/α-hetero) is 1. The van der Waals surface area contributed by atoms with Crippen LogP contribution in [0.3, 0.4) is 0 Å². The molecule has 9 heteroatoms. The summed E-state index contributed by atoms with van der Waals surface area (Å²) in [5.74, 6) is 0.0764. The lowest BCUT2D eigenvalue weighted by Gasteiger charge is -2.33. The lowest BCUT2D eigenvalue weighted by molar-refractivity contribution is -0.127. The van der Waals surface area contributed by atoms with Gasteiger partial charge in [-0.3, -0.25) is 19.3 Å². The molecule has 0 aromatic heterocycles. The number of hydrogen-bond acceptors (Lipinski definition) is 6. The van der Waals surface area contributed by atoms with E-state index in [1.54, 1.807) is 49.4 Å². The molecule has 34 heavy (non-hydrogen) atoms. The predicted octanol–water partition coefficient (Wildman–Crippen LogP) is 3.17. The highest BCUT2D eigenvalue weighted by molar-refractivity contribution is 6.30. The van der Waals surface area contributed by atoms with Crippen LogP contribution in [0.15, 0.2) is 42.5 Å². The Hall–Kier alpha value is -3.10. The second-order valence-corrected chi connectivity index (χ2v) is 8.33. The van der Waals surface area contributed by atoms with Crippen LogP contribution in [0.5, 0.6) is 11.5 Å². The maximum absolute atomic E-state index is 12.8. The molecule has 3 rings (SSSR count). The van der Waals surface area contributed by atoms with Gasteiger partial charge in [0.15, 0.2) is 19.0 Å². The van der Waals surface area contributed by atoms with Gasteiger partial charge in [-0.2, -0.15) is 0 Å². The third kappa shape index (κ3) is 6.27. The molecule has 182 valence electrons. The highest BCUT2D eigenvalue weighted by Crippen LogP contribution is 2.34. The van der Waals surface area contributed by atoms with Crippen molar-refractivity contribution in [3.8, 4) is 11.5 Å². The van der Waals surface area contributed by atoms with Gasteiger partial charge in [-0.05, 0) is 62.5 Å². The zero-order chi connectivity index (χ0) is 24.7. The first-order chi connectivity index (χ1) is 16.3. The molecule has 0 bridgehead atoms. The number of carbonyl (C=O) groups is 3. The average Bonchev–Trinajstić information content (AvgIpc) is 2.85. The van der Waals surface area contributed by atoms with Gasteiger partial charge in [0, 0.05) is 23.7 Å². The van der Waals surface area contributed by atoms with Crippen LogP contribution in [-0.2, 0) is 9.59 Å². The van der Waals surface area contributed by atoms with Gasteiger partial charge in [-0.1, -0.05) is 25.4 Å². The van der Waals surface area contributed by atoms with E-state index in [2.05, 4.69) is 24.1 Å². The number of benzene rings is 2. The maximum atomic E-state index is 12.8. The Labute approximate surface area is 204 Å². The van der Waals surface area contributed by atoms with E-state index in [0.29, 0.717) is 34.3 Å². The summed E-state index contributed by atoms with van der Waals surface area (Å²) in [5.41, 5.74) is 0.741. The van der Waals surface area contributed by atoms with Gasteiger partial charge in [-0.15, -0.1) is 0 Å². The molecule has 0 fully saturated rings. The number of amides is 2. The minimum absolute atomic E-state index is 0.170. The highest BCUT2D eigenvalue weighted by Gasteiger charge is 2.33. The SMILES string of the molecule is CCN(CC)CCNC(=O)C(C)N1C(=O)COc2ccc(C(=O)COc3ccc(Cl)cc3)cc21. The molecular weight excluding hydrogens is 458 g/mol. The third-order valence-corrected chi connectivity index (χ3v) is 5.98. The van der Waals surface area contributed by atoms with E-state index in [9.17, 15) is 14.4 Å². The molecule has 0 saturated carbocycles. The number of rotatable bonds is 11. The monoisotopic (exact) mass is 487 g/mol. The van der Waals surface area contributed by atoms with Gasteiger partial charge in [-0.25, -0.2) is 0 Å². The van der Waals surface area contributed by atoms with Crippen LogP contribution in [0.25, 0.3) is 0 Å². The number of halogens is 1. The molecule has 0 radical (unpaired) electrons. The fraction of sp³-hybridized carbons (Fsp3) is 0.400. The lowest BCUT2D eigenvalue weighted by atomic mass is 10.1. The van der Waals surface area contributed by atoms with Crippen molar-refractivity contribution in [2.24, 2.45) is 0 Å². The van der Waals surface area contributed by atoms with Crippen molar-refractivity contribution in [1.29, 1.82) is 0 Å². The number of ketones is 1. The second kappa shape index (κ2) is 11.9. The molecule has 8 nitrogen and oxygen atoms in total. The zero-order valence-corrected chi connectivity index (χ0v) is 20.4. The molecule has 2 aromatic rings. The Kier molecular flexibility index (Phi) is 8.90. The van der Waals surface area contributed by atoms with Crippen LogP contribution in [-0.4, -0.2) is 67.9 Å². The average molecular weight is 488 g/mol. The quantitative estimate of drug-likeness (QED) is 0.490. The van der Waals surface area contributed by atoms with Gasteiger partial charge < -0.3 is 19.7 Å². The van der Waals surface area contributed by atoms with Crippen LogP contribution in [0.1, 0.15) is 31.1 Å². The minimum Gasteiger partial charge on any atom is -0.485 e. The van der Waals surface area contributed by atoms with Gasteiger partial charge in [0.25, 0.3) is 5.91 Å². The summed E-state index contributed by atoms with van der Waals surface area (Å²) in [6.07, 6.45) is 0. The van der Waals surface area contributed by atoms with Crippen molar-refractivity contribution in [2.45, 2.75) is 26.8 Å². The van der Waals surface area contributed by atoms with Crippen molar-refractivity contribution in [1.82, 2.24) is 10.2 Å². The number of likely N-dealkylation sites (N-methyl/N-ethyl adjacent to an activating group) is 1. The summed E-state index contributed by atoms with van der Waals surface area (Å²) >= 11 is 5.87. The first kappa shape index (κ1) is 25.5. The molecule has 0 aliphatic carbocycles. The zero-order valence-electron chi connectivity index (χ0n) is 19.7. The van der Waals surface area contributed by atoms with Gasteiger partial charge in [0.2, 0.25) is 5.91 Å². The van der Waals surface area contributed by atoms with Crippen LogP contribution in [0, 0.1) is 0 Å². The third-order valence-electron chi connectivity index (χ3n) is 5.73. The Balaban J connectivity index is 1.70. The number of carbonyl (C=O) groups excluding carboxylic acids is 3. The summed E-state index contributed by atoms with van der Waals surface area (Å²) in [4.78, 5) is 41.8. The molecule has 2 amide bonds. The molecule has 1 atom stereocenters. The second-order valence-electron chi connectivity index (χ2n) is 7.89. The van der Waals surface area contributed by atoms with Gasteiger partial charge in [0.05, 0.1) is 5.69 Å². The summed E-state index contributed by atoms with van der Waals surface area (Å²) in [6.45, 7) is 8.45. The maximum Gasteiger partial charge on any atom is 0.265 e. The molecule has 1 aliphatic rings. The standard InChI is InChI=1S/C25H30ClN3O5/c1-4-28(5-2)13-12-27-25(32)17(3)29-21-14-18(6-11-23(21)34-16-24(29)31)22(30)15-33-20-9-7-19(26)8-10-20/h6-11,14,17H,4-5,12-13,15-16H2,1-3H3,(H,27,32). The molecule has 1 unspecified atom stereocenters. The topological polar surface area (TPSA) is 88.2 Å². The van der Waals surface area contributed by atoms with E-state index in [-0.39, 0.29) is 30.8 Å². The number of nitrogens with zero attached hydrogens (tertiary/aromatic N) is 2. The summed E-state index contributed by atoms with van der Waals surface area (Å²) in [5, 5.41) is 3.47. The molecule has 1 aliphatic heterocycles. The Morgan fingerprint density at radius 2 is 1.88 bits per heavy atom. The van der Waals surface area contributed by atoms with Crippen molar-refractivity contribution >= 4 is 34.9 Å². The van der Waals surface area contributed by atoms with Crippen molar-refractivity contribution < 1.29 is 23.9 Å². The van der Waals surface area contributed by atoms with E-state index >= 15 is 0 Å². The molecular formula is C25H30ClN3O5. The number of fused-ring (bicyclic) bond motifs is 1. The Morgan fingerprint density at radius 3 is 2.56 bits per heavy atom. The molecule has 0 spiro atoms. The highest BCUT2D eigenvalue weighted by atomic mass is 35.5. The van der Waals surface area contributed by atoms with E-state index in [1.807, 2.05) is 0 Å². The minimum atomic E-state index is -0.762. The van der Waals surface area contributed by atoms with E-state index in [4.69, 9.17) is 21.1 Å². The summed E-state index contributed by atoms with van der Waals surface area (Å²) < 4.78 is 11.1. The van der Waals surface area contributed by atoms with Gasteiger partial charge >= 0.3 is 0 Å². The predicted molar refractivity (Wildman–Crippen MR) is 131 cm³/mol. The fourth-order valence-electron chi connectivity index (χ4n) is 3.67. The van der Waals surface area contributed by atoms with Crippen LogP contribution < -0.4 is 19.7 Å². The van der Waals surface area contributed by atoms with Crippen molar-refractivity contribution in [2.75, 3.05) is 44.3 Å². The largest absolute Gasteiger partial charge is 0.485 e. The summed E-state index contributed by atoms with van der Waals surface area (Å²) in [7, 11) is 0. The number of nitrogens with one attached hydrogen (secondary N) is 1. The number of anilines is 1. The Morgan fingerprint density at radius 1 is 1.18 bits per heavy atom. The van der Waals surface area contributed by atoms with Crippen molar-refractivity contribution in [3.05, 3.63) is 53.1 Å². The van der Waals surface area contributed by atoms with Gasteiger partial charge in [0.1, 0.15) is 17.5 Å². The smallest absolute Gasteiger partial charge is 0.265 e. The first-order valence-corrected chi connectivity index (χ1v) is 11.7. The van der Waals surface area contributed by atoms with E-state index in [1.165, 1.54) is 4.90 Å². The summed E-state index contributed by atoms with van der Waals surface area (Å²) in [6, 6.07) is 10.8. The van der Waals surface area contributed by atoms with E-state index < -0.39 is 6.04 Å². The van der Waals surface area contributed by atoms with E-state index in [0.717, 1.165) is 19.6 Å². The first-order valence-electron chi connectivity index (χ1n) is 11.3. The number of hydrogen-bond donors (Lipinski definition) is 1. The Bertz CT molecular complexity index is 1020.